The van der Waals surface area contributed by atoms with Crippen molar-refractivity contribution in [1.29, 1.82) is 0 Å². The first-order valence-electron chi connectivity index (χ1n) is 6.45. The average molecular weight is 517 g/mol. The zero-order valence-corrected chi connectivity index (χ0v) is 16.3. The second kappa shape index (κ2) is 6.36. The zero-order chi connectivity index (χ0) is 15.0. The molecular weight excluding hydrogens is 505 g/mol. The van der Waals surface area contributed by atoms with Crippen molar-refractivity contribution >= 4 is 65.2 Å². The zero-order valence-electron chi connectivity index (χ0n) is 11.0. The molecule has 0 saturated carbocycles. The quantitative estimate of drug-likeness (QED) is 0.414. The Hall–Kier alpha value is -0.430. The first kappa shape index (κ1) is 15.5. The maximum Gasteiger partial charge on any atom is 0.0569 e. The van der Waals surface area contributed by atoms with Gasteiger partial charge in [-0.15, -0.1) is 0 Å². The van der Waals surface area contributed by atoms with E-state index < -0.39 is 0 Å². The van der Waals surface area contributed by atoms with Gasteiger partial charge in [0.15, 0.2) is 0 Å². The van der Waals surface area contributed by atoms with Crippen molar-refractivity contribution in [3.8, 4) is 0 Å². The third-order valence-corrected chi connectivity index (χ3v) is 5.62. The number of benzene rings is 3. The third kappa shape index (κ3) is 3.04. The van der Waals surface area contributed by atoms with Gasteiger partial charge in [-0.05, 0) is 68.8 Å². The van der Waals surface area contributed by atoms with Gasteiger partial charge in [0.05, 0.1) is 6.04 Å². The van der Waals surface area contributed by atoms with Crippen LogP contribution < -0.4 is 5.73 Å². The van der Waals surface area contributed by atoms with E-state index in [1.807, 2.05) is 6.07 Å². The van der Waals surface area contributed by atoms with E-state index in [0.29, 0.717) is 0 Å². The molecular formula is C17H12Br2IN. The predicted molar refractivity (Wildman–Crippen MR) is 105 cm³/mol. The minimum atomic E-state index is -0.160. The van der Waals surface area contributed by atoms with Crippen LogP contribution in [0.5, 0.6) is 0 Å². The molecule has 0 heterocycles. The van der Waals surface area contributed by atoms with Gasteiger partial charge in [0.25, 0.3) is 0 Å². The van der Waals surface area contributed by atoms with Gasteiger partial charge in [0.2, 0.25) is 0 Å². The summed E-state index contributed by atoms with van der Waals surface area (Å²) in [7, 11) is 0. The van der Waals surface area contributed by atoms with Crippen molar-refractivity contribution in [2.45, 2.75) is 6.04 Å². The Bertz CT molecular complexity index is 817. The maximum atomic E-state index is 6.55. The molecule has 0 aliphatic rings. The smallest absolute Gasteiger partial charge is 0.0569 e. The molecule has 3 aromatic carbocycles. The SMILES string of the molecule is NC(c1cc(I)ccc1Br)c1ccc(Br)c2ccccc12. The van der Waals surface area contributed by atoms with E-state index in [1.54, 1.807) is 0 Å². The molecule has 21 heavy (non-hydrogen) atoms. The molecule has 0 aromatic heterocycles. The highest BCUT2D eigenvalue weighted by atomic mass is 127. The summed E-state index contributed by atoms with van der Waals surface area (Å²) < 4.78 is 3.32. The van der Waals surface area contributed by atoms with Crippen molar-refractivity contribution in [3.05, 3.63) is 78.2 Å². The summed E-state index contributed by atoms with van der Waals surface area (Å²) in [6, 6.07) is 18.6. The summed E-state index contributed by atoms with van der Waals surface area (Å²) in [5, 5.41) is 2.37. The molecule has 2 N–H and O–H groups in total. The number of rotatable bonds is 2. The normalized spacial score (nSPS) is 12.6. The summed E-state index contributed by atoms with van der Waals surface area (Å²) in [5.41, 5.74) is 8.80. The van der Waals surface area contributed by atoms with E-state index in [9.17, 15) is 0 Å². The van der Waals surface area contributed by atoms with Gasteiger partial charge in [-0.25, -0.2) is 0 Å². The molecule has 106 valence electrons. The fourth-order valence-electron chi connectivity index (χ4n) is 2.48. The fraction of sp³-hybridized carbons (Fsp3) is 0.0588. The van der Waals surface area contributed by atoms with Crippen LogP contribution in [0.1, 0.15) is 17.2 Å². The second-order valence-electron chi connectivity index (χ2n) is 4.83. The Morgan fingerprint density at radius 2 is 1.48 bits per heavy atom. The average Bonchev–Trinajstić information content (AvgIpc) is 2.50. The van der Waals surface area contributed by atoms with Crippen LogP contribution >= 0.6 is 54.5 Å². The minimum absolute atomic E-state index is 0.160. The molecule has 0 saturated heterocycles. The molecule has 0 aliphatic heterocycles. The van der Waals surface area contributed by atoms with Crippen LogP contribution in [0.25, 0.3) is 10.8 Å². The maximum absolute atomic E-state index is 6.55. The molecule has 0 fully saturated rings. The van der Waals surface area contributed by atoms with Crippen LogP contribution in [-0.2, 0) is 0 Å². The van der Waals surface area contributed by atoms with E-state index in [1.165, 1.54) is 14.3 Å². The summed E-state index contributed by atoms with van der Waals surface area (Å²) >= 11 is 9.54. The molecule has 1 atom stereocenters. The van der Waals surface area contributed by atoms with Gasteiger partial charge < -0.3 is 5.73 Å². The highest BCUT2D eigenvalue weighted by Gasteiger charge is 2.16. The van der Waals surface area contributed by atoms with Gasteiger partial charge in [-0.1, -0.05) is 62.2 Å². The molecule has 1 unspecified atom stereocenters. The van der Waals surface area contributed by atoms with Crippen LogP contribution in [0.15, 0.2) is 63.5 Å². The van der Waals surface area contributed by atoms with Crippen molar-refractivity contribution in [1.82, 2.24) is 0 Å². The molecule has 0 radical (unpaired) electrons. The number of hydrogen-bond donors (Lipinski definition) is 1. The molecule has 3 rings (SSSR count). The molecule has 0 aliphatic carbocycles. The first-order chi connectivity index (χ1) is 10.1. The molecule has 0 amide bonds. The van der Waals surface area contributed by atoms with Gasteiger partial charge in [-0.2, -0.15) is 0 Å². The van der Waals surface area contributed by atoms with Gasteiger partial charge in [0, 0.05) is 12.5 Å². The van der Waals surface area contributed by atoms with Crippen LogP contribution in [0.3, 0.4) is 0 Å². The van der Waals surface area contributed by atoms with Crippen molar-refractivity contribution < 1.29 is 0 Å². The Labute approximate surface area is 154 Å². The highest BCUT2D eigenvalue weighted by molar-refractivity contribution is 14.1. The van der Waals surface area contributed by atoms with Crippen molar-refractivity contribution in [2.24, 2.45) is 5.73 Å². The molecule has 0 bridgehead atoms. The topological polar surface area (TPSA) is 26.0 Å². The van der Waals surface area contributed by atoms with E-state index in [0.717, 1.165) is 20.1 Å². The number of hydrogen-bond acceptors (Lipinski definition) is 1. The summed E-state index contributed by atoms with van der Waals surface area (Å²) in [6.07, 6.45) is 0. The number of nitrogens with two attached hydrogens (primary N) is 1. The lowest BCUT2D eigenvalue weighted by Crippen LogP contribution is -2.13. The Balaban J connectivity index is 2.20. The Morgan fingerprint density at radius 3 is 2.24 bits per heavy atom. The lowest BCUT2D eigenvalue weighted by atomic mass is 9.94. The van der Waals surface area contributed by atoms with Crippen LogP contribution in [0, 0.1) is 3.57 Å². The Kier molecular flexibility index (Phi) is 4.69. The van der Waals surface area contributed by atoms with Crippen LogP contribution in [-0.4, -0.2) is 0 Å². The van der Waals surface area contributed by atoms with Crippen LogP contribution in [0.4, 0.5) is 0 Å². The third-order valence-electron chi connectivity index (χ3n) is 3.53. The lowest BCUT2D eigenvalue weighted by molar-refractivity contribution is 0.873. The summed E-state index contributed by atoms with van der Waals surface area (Å²) in [6.45, 7) is 0. The molecule has 3 aromatic rings. The first-order valence-corrected chi connectivity index (χ1v) is 9.12. The van der Waals surface area contributed by atoms with Crippen molar-refractivity contribution in [2.75, 3.05) is 0 Å². The standard InChI is InChI=1S/C17H12Br2IN/c18-15-8-6-13(11-3-1-2-4-12(11)15)17(21)14-9-10(20)5-7-16(14)19/h1-9,17H,21H2. The number of fused-ring (bicyclic) bond motifs is 1. The van der Waals surface area contributed by atoms with E-state index in [2.05, 4.69) is 103 Å². The highest BCUT2D eigenvalue weighted by Crippen LogP contribution is 2.34. The summed E-state index contributed by atoms with van der Waals surface area (Å²) in [5.74, 6) is 0. The number of halogens is 3. The van der Waals surface area contributed by atoms with E-state index >= 15 is 0 Å². The van der Waals surface area contributed by atoms with Gasteiger partial charge in [-0.3, -0.25) is 0 Å². The molecule has 0 spiro atoms. The predicted octanol–water partition coefficient (Wildman–Crippen LogP) is 6.02. The minimum Gasteiger partial charge on any atom is -0.320 e. The van der Waals surface area contributed by atoms with Gasteiger partial charge in [0.1, 0.15) is 0 Å². The summed E-state index contributed by atoms with van der Waals surface area (Å²) in [4.78, 5) is 0. The van der Waals surface area contributed by atoms with Gasteiger partial charge >= 0.3 is 0 Å². The van der Waals surface area contributed by atoms with Crippen molar-refractivity contribution in [3.63, 3.8) is 0 Å². The van der Waals surface area contributed by atoms with E-state index in [-0.39, 0.29) is 6.04 Å². The Morgan fingerprint density at radius 1 is 0.810 bits per heavy atom. The lowest BCUT2D eigenvalue weighted by Gasteiger charge is -2.18. The molecule has 4 heteroatoms. The largest absolute Gasteiger partial charge is 0.320 e. The monoisotopic (exact) mass is 515 g/mol. The fourth-order valence-corrected chi connectivity index (χ4v) is 3.96. The second-order valence-corrected chi connectivity index (χ2v) is 7.78. The van der Waals surface area contributed by atoms with Crippen LogP contribution in [0.2, 0.25) is 0 Å². The molecule has 1 nitrogen and oxygen atoms in total. The van der Waals surface area contributed by atoms with E-state index in [4.69, 9.17) is 5.73 Å².